The molecule has 0 aliphatic carbocycles. The molecule has 1 atom stereocenters. The lowest BCUT2D eigenvalue weighted by Gasteiger charge is -2.35. The fourth-order valence-corrected chi connectivity index (χ4v) is 4.89. The van der Waals surface area contributed by atoms with Gasteiger partial charge in [-0.15, -0.1) is 0 Å². The van der Waals surface area contributed by atoms with E-state index in [-0.39, 0.29) is 18.6 Å². The number of aromatic nitrogens is 1. The maximum atomic E-state index is 11.6. The van der Waals surface area contributed by atoms with Crippen LogP contribution < -0.4 is 29.7 Å². The minimum atomic E-state index is -0.108. The predicted octanol–water partition coefficient (Wildman–Crippen LogP) is 3.27. The molecule has 0 spiro atoms. The summed E-state index contributed by atoms with van der Waals surface area (Å²) >= 11 is 0. The Morgan fingerprint density at radius 2 is 1.94 bits per heavy atom. The van der Waals surface area contributed by atoms with E-state index in [9.17, 15) is 4.79 Å². The monoisotopic (exact) mass is 460 g/mol. The average Bonchev–Trinajstić information content (AvgIpc) is 2.87. The number of nitrogens with zero attached hydrogens (tertiary/aromatic N) is 2. The zero-order valence-electron chi connectivity index (χ0n) is 19.2. The number of aryl methyl sites for hydroxylation is 1. The quantitative estimate of drug-likeness (QED) is 0.618. The van der Waals surface area contributed by atoms with E-state index in [2.05, 4.69) is 32.7 Å². The minimum absolute atomic E-state index is 0.0401. The molecule has 34 heavy (non-hydrogen) atoms. The van der Waals surface area contributed by atoms with Crippen molar-refractivity contribution in [1.82, 2.24) is 10.3 Å². The molecule has 2 N–H and O–H groups in total. The Morgan fingerprint density at radius 3 is 2.82 bits per heavy atom. The van der Waals surface area contributed by atoms with E-state index in [1.54, 1.807) is 0 Å². The fraction of sp³-hybridized carbons (Fsp3) is 0.385. The van der Waals surface area contributed by atoms with Crippen molar-refractivity contribution in [2.45, 2.75) is 31.9 Å². The Balaban J connectivity index is 1.04. The molecule has 3 aromatic rings. The van der Waals surface area contributed by atoms with Crippen molar-refractivity contribution in [3.05, 3.63) is 48.2 Å². The van der Waals surface area contributed by atoms with Gasteiger partial charge in [-0.2, -0.15) is 0 Å². The molecule has 0 saturated carbocycles. The van der Waals surface area contributed by atoms with E-state index < -0.39 is 0 Å². The van der Waals surface area contributed by atoms with Crippen LogP contribution in [0.5, 0.6) is 17.2 Å². The van der Waals surface area contributed by atoms with E-state index in [1.165, 1.54) is 0 Å². The molecule has 2 aromatic carbocycles. The third kappa shape index (κ3) is 4.09. The second-order valence-corrected chi connectivity index (χ2v) is 9.15. The first-order valence-corrected chi connectivity index (χ1v) is 11.9. The van der Waals surface area contributed by atoms with Gasteiger partial charge in [-0.1, -0.05) is 0 Å². The van der Waals surface area contributed by atoms with Gasteiger partial charge in [-0.25, -0.2) is 0 Å². The number of pyridine rings is 1. The van der Waals surface area contributed by atoms with Crippen LogP contribution in [0.3, 0.4) is 0 Å². The van der Waals surface area contributed by atoms with Crippen molar-refractivity contribution in [1.29, 1.82) is 0 Å². The summed E-state index contributed by atoms with van der Waals surface area (Å²) in [4.78, 5) is 18.6. The highest BCUT2D eigenvalue weighted by atomic mass is 16.6. The Labute approximate surface area is 198 Å². The molecule has 0 unspecified atom stereocenters. The van der Waals surface area contributed by atoms with Crippen LogP contribution in [0.1, 0.15) is 18.5 Å². The summed E-state index contributed by atoms with van der Waals surface area (Å²) < 4.78 is 17.8. The molecule has 1 saturated heterocycles. The first-order chi connectivity index (χ1) is 16.6. The number of nitrogens with one attached hydrogen (secondary N) is 2. The molecule has 8 heteroatoms. The topological polar surface area (TPSA) is 85.0 Å². The standard InChI is InChI=1S/C26H28N4O4/c1-16-2-4-20-21(28-16)5-7-24-26(20)34-19(14-32-24)13-27-17-8-10-30(11-9-17)18-3-6-23-22(12-18)29-25(31)15-33-23/h2-7,12,17,19,27H,8-11,13-15H2,1H3,(H,29,31)/t19-/m0/s1. The number of anilines is 2. The van der Waals surface area contributed by atoms with E-state index in [4.69, 9.17) is 14.2 Å². The van der Waals surface area contributed by atoms with E-state index in [0.717, 1.165) is 77.7 Å². The molecule has 1 amide bonds. The van der Waals surface area contributed by atoms with Gasteiger partial charge in [0.15, 0.2) is 18.1 Å². The number of benzene rings is 2. The molecular weight excluding hydrogens is 432 g/mol. The third-order valence-corrected chi connectivity index (χ3v) is 6.72. The first kappa shape index (κ1) is 21.0. The number of carbonyl (C=O) groups is 1. The van der Waals surface area contributed by atoms with Crippen LogP contribution >= 0.6 is 0 Å². The smallest absolute Gasteiger partial charge is 0.262 e. The summed E-state index contributed by atoms with van der Waals surface area (Å²) in [5.41, 5.74) is 3.78. The lowest BCUT2D eigenvalue weighted by molar-refractivity contribution is -0.118. The van der Waals surface area contributed by atoms with Crippen LogP contribution in [0.4, 0.5) is 11.4 Å². The fourth-order valence-electron chi connectivity index (χ4n) is 4.89. The highest BCUT2D eigenvalue weighted by molar-refractivity contribution is 5.96. The van der Waals surface area contributed by atoms with Gasteiger partial charge in [0.25, 0.3) is 5.91 Å². The molecule has 1 fully saturated rings. The molecule has 0 radical (unpaired) electrons. The van der Waals surface area contributed by atoms with Crippen molar-refractivity contribution < 1.29 is 19.0 Å². The number of hydrogen-bond acceptors (Lipinski definition) is 7. The summed E-state index contributed by atoms with van der Waals surface area (Å²) in [5.74, 6) is 2.20. The van der Waals surface area contributed by atoms with Crippen molar-refractivity contribution in [3.63, 3.8) is 0 Å². The zero-order valence-corrected chi connectivity index (χ0v) is 19.2. The number of hydrogen-bond donors (Lipinski definition) is 2. The largest absolute Gasteiger partial charge is 0.486 e. The van der Waals surface area contributed by atoms with Gasteiger partial charge >= 0.3 is 0 Å². The first-order valence-electron chi connectivity index (χ1n) is 11.9. The Hall–Kier alpha value is -3.52. The summed E-state index contributed by atoms with van der Waals surface area (Å²) in [7, 11) is 0. The molecule has 176 valence electrons. The van der Waals surface area contributed by atoms with Gasteiger partial charge in [0.05, 0.1) is 11.2 Å². The molecule has 3 aliphatic heterocycles. The average molecular weight is 461 g/mol. The summed E-state index contributed by atoms with van der Waals surface area (Å²) in [6.45, 7) is 5.25. The molecule has 6 rings (SSSR count). The lowest BCUT2D eigenvalue weighted by atomic mass is 10.0. The summed E-state index contributed by atoms with van der Waals surface area (Å²) in [6.07, 6.45) is 2.04. The number of carbonyl (C=O) groups excluding carboxylic acids is 1. The second kappa shape index (κ2) is 8.68. The number of piperidine rings is 1. The highest BCUT2D eigenvalue weighted by Crippen LogP contribution is 2.38. The van der Waals surface area contributed by atoms with Crippen LogP contribution in [0.15, 0.2) is 42.5 Å². The van der Waals surface area contributed by atoms with Crippen molar-refractivity contribution in [3.8, 4) is 17.2 Å². The third-order valence-electron chi connectivity index (χ3n) is 6.72. The molecule has 3 aliphatic rings. The second-order valence-electron chi connectivity index (χ2n) is 9.15. The molecular formula is C26H28N4O4. The van der Waals surface area contributed by atoms with Crippen LogP contribution in [-0.2, 0) is 4.79 Å². The van der Waals surface area contributed by atoms with Gasteiger partial charge in [0.2, 0.25) is 0 Å². The summed E-state index contributed by atoms with van der Waals surface area (Å²) in [6, 6.07) is 14.4. The zero-order chi connectivity index (χ0) is 23.1. The summed E-state index contributed by atoms with van der Waals surface area (Å²) in [5, 5.41) is 7.57. The van der Waals surface area contributed by atoms with Gasteiger partial charge in [-0.3, -0.25) is 9.78 Å². The van der Waals surface area contributed by atoms with Crippen LogP contribution in [-0.4, -0.2) is 55.9 Å². The number of fused-ring (bicyclic) bond motifs is 4. The number of amides is 1. The van der Waals surface area contributed by atoms with Crippen LogP contribution in [0.25, 0.3) is 10.9 Å². The van der Waals surface area contributed by atoms with Crippen molar-refractivity contribution in [2.75, 3.05) is 43.1 Å². The van der Waals surface area contributed by atoms with E-state index >= 15 is 0 Å². The minimum Gasteiger partial charge on any atom is -0.486 e. The van der Waals surface area contributed by atoms with Crippen molar-refractivity contribution in [2.24, 2.45) is 0 Å². The van der Waals surface area contributed by atoms with E-state index in [1.807, 2.05) is 37.3 Å². The van der Waals surface area contributed by atoms with Crippen molar-refractivity contribution >= 4 is 28.2 Å². The van der Waals surface area contributed by atoms with Gasteiger partial charge in [0, 0.05) is 42.4 Å². The molecule has 8 nitrogen and oxygen atoms in total. The Bertz CT molecular complexity index is 1240. The lowest BCUT2D eigenvalue weighted by Crippen LogP contribution is -2.47. The van der Waals surface area contributed by atoms with Gasteiger partial charge in [-0.05, 0) is 62.2 Å². The van der Waals surface area contributed by atoms with E-state index in [0.29, 0.717) is 12.6 Å². The SMILES string of the molecule is Cc1ccc2c3c(ccc2n1)OC[C@H](CNC1CCN(c2ccc4c(c2)NC(=O)CO4)CC1)O3. The number of ether oxygens (including phenoxy) is 3. The van der Waals surface area contributed by atoms with Crippen LogP contribution in [0.2, 0.25) is 0 Å². The normalized spacial score (nSPS) is 20.0. The van der Waals surface area contributed by atoms with Gasteiger partial charge in [0.1, 0.15) is 18.5 Å². The molecule has 1 aromatic heterocycles. The maximum Gasteiger partial charge on any atom is 0.262 e. The predicted molar refractivity (Wildman–Crippen MR) is 130 cm³/mol. The Morgan fingerprint density at radius 1 is 1.09 bits per heavy atom. The maximum absolute atomic E-state index is 11.6. The van der Waals surface area contributed by atoms with Crippen LogP contribution in [0, 0.1) is 6.92 Å². The van der Waals surface area contributed by atoms with Gasteiger partial charge < -0.3 is 29.7 Å². The number of rotatable bonds is 4. The molecule has 0 bridgehead atoms. The molecule has 4 heterocycles. The highest BCUT2D eigenvalue weighted by Gasteiger charge is 2.26. The Kier molecular flexibility index (Phi) is 5.37.